The van der Waals surface area contributed by atoms with E-state index in [-0.39, 0.29) is 11.4 Å². The van der Waals surface area contributed by atoms with E-state index >= 15 is 0 Å². The van der Waals surface area contributed by atoms with Crippen molar-refractivity contribution in [2.75, 3.05) is 5.32 Å². The second kappa shape index (κ2) is 8.18. The van der Waals surface area contributed by atoms with E-state index in [0.717, 1.165) is 16.7 Å². The molecule has 0 saturated heterocycles. The number of carbonyl (C=O) groups is 2. The Morgan fingerprint density at radius 1 is 0.931 bits per heavy atom. The van der Waals surface area contributed by atoms with Crippen molar-refractivity contribution in [3.8, 4) is 11.8 Å². The van der Waals surface area contributed by atoms with Crippen molar-refractivity contribution in [3.05, 3.63) is 106 Å². The van der Waals surface area contributed by atoms with E-state index in [4.69, 9.17) is 11.6 Å². The Morgan fingerprint density at radius 2 is 1.69 bits per heavy atom. The van der Waals surface area contributed by atoms with Crippen LogP contribution in [0, 0.1) is 11.8 Å². The fourth-order valence-corrected chi connectivity index (χ4v) is 3.18. The van der Waals surface area contributed by atoms with Crippen LogP contribution in [-0.4, -0.2) is 11.7 Å². The smallest absolute Gasteiger partial charge is 0.259 e. The van der Waals surface area contributed by atoms with Gasteiger partial charge in [0.15, 0.2) is 0 Å². The van der Waals surface area contributed by atoms with Crippen LogP contribution < -0.4 is 5.32 Å². The Hall–Kier alpha value is -3.61. The summed E-state index contributed by atoms with van der Waals surface area (Å²) in [6.45, 7) is 0. The Balaban J connectivity index is 1.61. The fraction of sp³-hybridized carbons (Fsp3) is 0.0400. The molecular formula is C25H16ClNO2. The molecule has 0 radical (unpaired) electrons. The van der Waals surface area contributed by atoms with Crippen molar-refractivity contribution < 1.29 is 9.59 Å². The zero-order valence-corrected chi connectivity index (χ0v) is 16.2. The van der Waals surface area contributed by atoms with Crippen LogP contribution in [0.15, 0.2) is 78.4 Å². The van der Waals surface area contributed by atoms with Gasteiger partial charge in [0.25, 0.3) is 5.91 Å². The zero-order chi connectivity index (χ0) is 20.2. The lowest BCUT2D eigenvalue weighted by Crippen LogP contribution is -2.27. The number of rotatable bonds is 2. The molecule has 0 atom stereocenters. The largest absolute Gasteiger partial charge is 0.321 e. The summed E-state index contributed by atoms with van der Waals surface area (Å²) in [4.78, 5) is 25.3. The SMILES string of the molecule is O=C1Nc2ccc(C#CCc3ccccc3)cc2C(=O)/C1=C/c1ccc(Cl)cc1. The van der Waals surface area contributed by atoms with Gasteiger partial charge in [-0.2, -0.15) is 0 Å². The summed E-state index contributed by atoms with van der Waals surface area (Å²) in [5, 5.41) is 3.37. The van der Waals surface area contributed by atoms with E-state index in [9.17, 15) is 9.59 Å². The molecule has 3 aromatic rings. The number of amides is 1. The fourth-order valence-electron chi connectivity index (χ4n) is 3.06. The molecule has 0 fully saturated rings. The first-order valence-electron chi connectivity index (χ1n) is 9.10. The molecular weight excluding hydrogens is 382 g/mol. The Labute approximate surface area is 174 Å². The van der Waals surface area contributed by atoms with Gasteiger partial charge in [-0.3, -0.25) is 9.59 Å². The van der Waals surface area contributed by atoms with Crippen LogP contribution in [-0.2, 0) is 11.2 Å². The molecule has 0 aliphatic carbocycles. The molecule has 1 heterocycles. The van der Waals surface area contributed by atoms with Crippen LogP contribution in [0.1, 0.15) is 27.0 Å². The van der Waals surface area contributed by atoms with Crippen molar-refractivity contribution in [3.63, 3.8) is 0 Å². The van der Waals surface area contributed by atoms with Gasteiger partial charge in [0.05, 0.1) is 11.3 Å². The highest BCUT2D eigenvalue weighted by atomic mass is 35.5. The predicted octanol–water partition coefficient (Wildman–Crippen LogP) is 5.15. The lowest BCUT2D eigenvalue weighted by atomic mass is 9.94. The highest BCUT2D eigenvalue weighted by Gasteiger charge is 2.28. The third kappa shape index (κ3) is 4.29. The van der Waals surface area contributed by atoms with E-state index in [0.29, 0.717) is 22.7 Å². The molecule has 1 N–H and O–H groups in total. The Bertz CT molecular complexity index is 1180. The van der Waals surface area contributed by atoms with Gasteiger partial charge in [-0.1, -0.05) is 65.9 Å². The Kier molecular flexibility index (Phi) is 5.29. The first-order chi connectivity index (χ1) is 14.1. The molecule has 29 heavy (non-hydrogen) atoms. The molecule has 1 amide bonds. The third-order valence-electron chi connectivity index (χ3n) is 4.55. The maximum Gasteiger partial charge on any atom is 0.259 e. The zero-order valence-electron chi connectivity index (χ0n) is 15.4. The number of fused-ring (bicyclic) bond motifs is 1. The maximum absolute atomic E-state index is 12.9. The predicted molar refractivity (Wildman–Crippen MR) is 116 cm³/mol. The van der Waals surface area contributed by atoms with Gasteiger partial charge in [0.2, 0.25) is 5.78 Å². The van der Waals surface area contributed by atoms with Crippen molar-refractivity contribution in [2.24, 2.45) is 0 Å². The summed E-state index contributed by atoms with van der Waals surface area (Å²) in [5.41, 5.74) is 3.63. The second-order valence-electron chi connectivity index (χ2n) is 6.62. The average Bonchev–Trinajstić information content (AvgIpc) is 2.74. The quantitative estimate of drug-likeness (QED) is 0.369. The van der Waals surface area contributed by atoms with Crippen LogP contribution in [0.25, 0.3) is 6.08 Å². The number of hydrogen-bond acceptors (Lipinski definition) is 2. The van der Waals surface area contributed by atoms with Crippen molar-refractivity contribution in [1.82, 2.24) is 0 Å². The second-order valence-corrected chi connectivity index (χ2v) is 7.05. The van der Waals surface area contributed by atoms with Crippen molar-refractivity contribution in [1.29, 1.82) is 0 Å². The molecule has 4 heteroatoms. The lowest BCUT2D eigenvalue weighted by Gasteiger charge is -2.18. The molecule has 4 rings (SSSR count). The van der Waals surface area contributed by atoms with E-state index in [1.165, 1.54) is 0 Å². The summed E-state index contributed by atoms with van der Waals surface area (Å²) in [5.74, 6) is 5.49. The molecule has 0 bridgehead atoms. The minimum atomic E-state index is -0.416. The molecule has 1 aliphatic heterocycles. The number of benzene rings is 3. The molecule has 140 valence electrons. The summed E-state index contributed by atoms with van der Waals surface area (Å²) in [6.07, 6.45) is 2.20. The Morgan fingerprint density at radius 3 is 2.45 bits per heavy atom. The van der Waals surface area contributed by atoms with Gasteiger partial charge in [0.1, 0.15) is 0 Å². The molecule has 0 unspecified atom stereocenters. The molecule has 0 aromatic heterocycles. The van der Waals surface area contributed by atoms with Crippen molar-refractivity contribution >= 4 is 35.1 Å². The van der Waals surface area contributed by atoms with Gasteiger partial charge >= 0.3 is 0 Å². The molecule has 0 saturated carbocycles. The van der Waals surface area contributed by atoms with Gasteiger partial charge in [-0.25, -0.2) is 0 Å². The first-order valence-corrected chi connectivity index (χ1v) is 9.48. The average molecular weight is 398 g/mol. The van der Waals surface area contributed by atoms with Crippen LogP contribution in [0.2, 0.25) is 5.02 Å². The number of anilines is 1. The van der Waals surface area contributed by atoms with Crippen molar-refractivity contribution in [2.45, 2.75) is 6.42 Å². The standard InChI is InChI=1S/C25H16ClNO2/c26-20-12-9-19(10-13-20)16-22-24(28)21-15-18(11-14-23(21)27-25(22)29)8-4-7-17-5-2-1-3-6-17/h1-3,5-6,9-16H,7H2,(H,27,29)/b22-16-. The topological polar surface area (TPSA) is 46.2 Å². The summed E-state index contributed by atoms with van der Waals surface area (Å²) in [7, 11) is 0. The third-order valence-corrected chi connectivity index (χ3v) is 4.80. The van der Waals surface area contributed by atoms with Crippen LogP contribution >= 0.6 is 11.6 Å². The van der Waals surface area contributed by atoms with Gasteiger partial charge in [-0.05, 0) is 47.5 Å². The summed E-state index contributed by atoms with van der Waals surface area (Å²) in [6, 6.07) is 22.2. The first kappa shape index (κ1) is 18.7. The van der Waals surface area contributed by atoms with Crippen LogP contribution in [0.3, 0.4) is 0 Å². The number of hydrogen-bond donors (Lipinski definition) is 1. The highest BCUT2D eigenvalue weighted by Crippen LogP contribution is 2.27. The minimum Gasteiger partial charge on any atom is -0.321 e. The number of carbonyl (C=O) groups excluding carboxylic acids is 2. The van der Waals surface area contributed by atoms with E-state index < -0.39 is 5.91 Å². The molecule has 3 nitrogen and oxygen atoms in total. The highest BCUT2D eigenvalue weighted by molar-refractivity contribution is 6.36. The monoisotopic (exact) mass is 397 g/mol. The summed E-state index contributed by atoms with van der Waals surface area (Å²) >= 11 is 5.90. The van der Waals surface area contributed by atoms with Gasteiger partial charge < -0.3 is 5.32 Å². The summed E-state index contributed by atoms with van der Waals surface area (Å²) < 4.78 is 0. The van der Waals surface area contributed by atoms with E-state index in [1.54, 1.807) is 48.5 Å². The minimum absolute atomic E-state index is 0.0919. The molecule has 1 aliphatic rings. The number of Topliss-reactive ketones (excluding diaryl/α,β-unsaturated/α-hetero) is 1. The normalized spacial score (nSPS) is 14.0. The van der Waals surface area contributed by atoms with Crippen LogP contribution in [0.5, 0.6) is 0 Å². The number of ketones is 1. The van der Waals surface area contributed by atoms with E-state index in [2.05, 4.69) is 17.2 Å². The van der Waals surface area contributed by atoms with Gasteiger partial charge in [0, 0.05) is 22.6 Å². The maximum atomic E-state index is 12.9. The molecule has 3 aromatic carbocycles. The molecule has 0 spiro atoms. The van der Waals surface area contributed by atoms with Crippen LogP contribution in [0.4, 0.5) is 5.69 Å². The van der Waals surface area contributed by atoms with E-state index in [1.807, 2.05) is 30.3 Å². The number of halogens is 1. The number of nitrogens with one attached hydrogen (secondary N) is 1. The van der Waals surface area contributed by atoms with Gasteiger partial charge in [-0.15, -0.1) is 0 Å². The lowest BCUT2D eigenvalue weighted by molar-refractivity contribution is -0.112.